The van der Waals surface area contributed by atoms with Gasteiger partial charge in [-0.2, -0.15) is 8.42 Å². The van der Waals surface area contributed by atoms with Gasteiger partial charge in [0, 0.05) is 18.9 Å². The van der Waals surface area contributed by atoms with Crippen LogP contribution in [-0.2, 0) is 15.0 Å². The van der Waals surface area contributed by atoms with Crippen molar-refractivity contribution in [2.75, 3.05) is 17.2 Å². The number of hydrogen-bond acceptors (Lipinski definition) is 3. The molecular weight excluding hydrogens is 300 g/mol. The van der Waals surface area contributed by atoms with Gasteiger partial charge in [-0.1, -0.05) is 11.6 Å². The van der Waals surface area contributed by atoms with Crippen LogP contribution in [0.5, 0.6) is 0 Å². The van der Waals surface area contributed by atoms with Gasteiger partial charge in [0.25, 0.3) is 0 Å². The second-order valence-electron chi connectivity index (χ2n) is 4.38. The van der Waals surface area contributed by atoms with Crippen LogP contribution in [0.25, 0.3) is 0 Å². The molecule has 8 heteroatoms. The van der Waals surface area contributed by atoms with Crippen molar-refractivity contribution in [2.24, 2.45) is 5.92 Å². The molecule has 1 heterocycles. The Morgan fingerprint density at radius 2 is 2.11 bits per heavy atom. The zero-order valence-electron chi connectivity index (χ0n) is 9.64. The first-order valence-corrected chi connectivity index (χ1v) is 7.37. The van der Waals surface area contributed by atoms with Crippen molar-refractivity contribution in [3.05, 3.63) is 29.0 Å². The summed E-state index contributed by atoms with van der Waals surface area (Å²) in [6.07, 6.45) is -0.0726. The number of carbonyl (C=O) groups is 1. The van der Waals surface area contributed by atoms with Gasteiger partial charge < -0.3 is 4.90 Å². The van der Waals surface area contributed by atoms with Crippen molar-refractivity contribution in [3.63, 3.8) is 0 Å². The Morgan fingerprint density at radius 1 is 1.42 bits per heavy atom. The van der Waals surface area contributed by atoms with Crippen LogP contribution in [0.3, 0.4) is 0 Å². The lowest BCUT2D eigenvalue weighted by molar-refractivity contribution is -0.117. The number of carbonyl (C=O) groups excluding carboxylic acids is 1. The van der Waals surface area contributed by atoms with Crippen molar-refractivity contribution in [2.45, 2.75) is 6.42 Å². The number of amides is 1. The first-order chi connectivity index (χ1) is 8.76. The fourth-order valence-corrected chi connectivity index (χ4v) is 3.16. The van der Waals surface area contributed by atoms with Gasteiger partial charge in [0.05, 0.1) is 16.5 Å². The van der Waals surface area contributed by atoms with E-state index in [0.29, 0.717) is 5.69 Å². The minimum absolute atomic E-state index is 0.0489. The largest absolute Gasteiger partial charge is 0.311 e. The molecule has 4 nitrogen and oxygen atoms in total. The predicted octanol–water partition coefficient (Wildman–Crippen LogP) is 2.13. The second-order valence-corrected chi connectivity index (χ2v) is 6.19. The van der Waals surface area contributed by atoms with Crippen molar-refractivity contribution in [1.82, 2.24) is 0 Å². The summed E-state index contributed by atoms with van der Waals surface area (Å²) in [5, 5.41) is 0.0529. The van der Waals surface area contributed by atoms with E-state index < -0.39 is 27.7 Å². The van der Waals surface area contributed by atoms with Crippen molar-refractivity contribution >= 4 is 33.4 Å². The first kappa shape index (κ1) is 14.2. The van der Waals surface area contributed by atoms with E-state index in [-0.39, 0.29) is 23.9 Å². The lowest BCUT2D eigenvalue weighted by Gasteiger charge is -2.17. The second kappa shape index (κ2) is 5.05. The molecule has 0 bridgehead atoms. The summed E-state index contributed by atoms with van der Waals surface area (Å²) >= 11 is 5.83. The van der Waals surface area contributed by atoms with Gasteiger partial charge in [-0.25, -0.2) is 4.39 Å². The first-order valence-electron chi connectivity index (χ1n) is 5.44. The number of anilines is 1. The fourth-order valence-electron chi connectivity index (χ4n) is 2.11. The third-order valence-corrected chi connectivity index (χ3v) is 4.01. The van der Waals surface area contributed by atoms with Crippen LogP contribution in [0.15, 0.2) is 18.2 Å². The molecule has 1 fully saturated rings. The summed E-state index contributed by atoms with van der Waals surface area (Å²) in [6, 6.07) is 3.54. The van der Waals surface area contributed by atoms with E-state index in [1.54, 1.807) is 0 Å². The molecule has 1 aromatic rings. The molecule has 1 unspecified atom stereocenters. The SMILES string of the molecule is O=C1CC(CS(=O)(=O)F)CN1c1ccc(F)cc1Cl. The molecular formula is C11H10ClF2NO3S. The molecule has 1 aliphatic rings. The van der Waals surface area contributed by atoms with Crippen molar-refractivity contribution < 1.29 is 21.5 Å². The molecule has 19 heavy (non-hydrogen) atoms. The molecule has 0 aliphatic carbocycles. The average molecular weight is 310 g/mol. The number of hydrogen-bond donors (Lipinski definition) is 0. The Labute approximate surface area is 114 Å². The van der Waals surface area contributed by atoms with Crippen LogP contribution in [0.4, 0.5) is 14.0 Å². The summed E-state index contributed by atoms with van der Waals surface area (Å²) < 4.78 is 46.7. The average Bonchev–Trinajstić information content (AvgIpc) is 2.56. The van der Waals surface area contributed by atoms with Crippen molar-refractivity contribution in [3.8, 4) is 0 Å². The maximum atomic E-state index is 12.9. The molecule has 1 aromatic carbocycles. The molecule has 104 valence electrons. The standard InChI is InChI=1S/C11H10ClF2NO3S/c12-9-4-8(13)1-2-10(9)15-5-7(3-11(15)16)6-19(14,17)18/h1-2,4,7H,3,5-6H2. The number of halogens is 3. The molecule has 1 aliphatic heterocycles. The van der Waals surface area contributed by atoms with Crippen molar-refractivity contribution in [1.29, 1.82) is 0 Å². The predicted molar refractivity (Wildman–Crippen MR) is 66.8 cm³/mol. The Balaban J connectivity index is 2.20. The summed E-state index contributed by atoms with van der Waals surface area (Å²) in [7, 11) is -4.63. The molecule has 2 rings (SSSR count). The van der Waals surface area contributed by atoms with E-state index in [1.807, 2.05) is 0 Å². The quantitative estimate of drug-likeness (QED) is 0.804. The van der Waals surface area contributed by atoms with Crippen LogP contribution in [0, 0.1) is 11.7 Å². The molecule has 1 saturated heterocycles. The maximum Gasteiger partial charge on any atom is 0.302 e. The summed E-state index contributed by atoms with van der Waals surface area (Å²) in [5.41, 5.74) is 0.298. The van der Waals surface area contributed by atoms with Gasteiger partial charge in [-0.15, -0.1) is 3.89 Å². The fraction of sp³-hybridized carbons (Fsp3) is 0.364. The van der Waals surface area contributed by atoms with Crippen LogP contribution in [-0.4, -0.2) is 26.6 Å². The van der Waals surface area contributed by atoms with Crippen LogP contribution < -0.4 is 4.90 Å². The molecule has 1 amide bonds. The van der Waals surface area contributed by atoms with E-state index in [0.717, 1.165) is 12.1 Å². The van der Waals surface area contributed by atoms with Crippen LogP contribution >= 0.6 is 11.6 Å². The van der Waals surface area contributed by atoms with Gasteiger partial charge in [-0.3, -0.25) is 4.79 Å². The topological polar surface area (TPSA) is 54.5 Å². The van der Waals surface area contributed by atoms with E-state index >= 15 is 0 Å². The summed E-state index contributed by atoms with van der Waals surface area (Å²) in [4.78, 5) is 13.0. The normalized spacial score (nSPS) is 20.1. The van der Waals surface area contributed by atoms with Gasteiger partial charge in [0.2, 0.25) is 5.91 Å². The third-order valence-electron chi connectivity index (χ3n) is 2.84. The van der Waals surface area contributed by atoms with E-state index in [9.17, 15) is 21.5 Å². The smallest absolute Gasteiger partial charge is 0.302 e. The highest BCUT2D eigenvalue weighted by Crippen LogP contribution is 2.32. The molecule has 1 atom stereocenters. The lowest BCUT2D eigenvalue weighted by Crippen LogP contribution is -2.25. The zero-order chi connectivity index (χ0) is 14.2. The number of benzene rings is 1. The Morgan fingerprint density at radius 3 is 2.68 bits per heavy atom. The monoisotopic (exact) mass is 309 g/mol. The summed E-state index contributed by atoms with van der Waals surface area (Å²) in [5.74, 6) is -2.22. The molecule has 0 spiro atoms. The molecule has 0 radical (unpaired) electrons. The molecule has 0 aromatic heterocycles. The van der Waals surface area contributed by atoms with E-state index in [4.69, 9.17) is 11.6 Å². The number of rotatable bonds is 3. The molecule has 0 N–H and O–H groups in total. The summed E-state index contributed by atoms with van der Waals surface area (Å²) in [6.45, 7) is 0.0489. The van der Waals surface area contributed by atoms with Gasteiger partial charge in [0.15, 0.2) is 0 Å². The van der Waals surface area contributed by atoms with Crippen LogP contribution in [0.2, 0.25) is 5.02 Å². The minimum atomic E-state index is -4.63. The Hall–Kier alpha value is -1.21. The van der Waals surface area contributed by atoms with E-state index in [1.165, 1.54) is 11.0 Å². The minimum Gasteiger partial charge on any atom is -0.311 e. The van der Waals surface area contributed by atoms with Crippen LogP contribution in [0.1, 0.15) is 6.42 Å². The lowest BCUT2D eigenvalue weighted by atomic mass is 10.1. The highest BCUT2D eigenvalue weighted by atomic mass is 35.5. The maximum absolute atomic E-state index is 12.9. The third kappa shape index (κ3) is 3.42. The van der Waals surface area contributed by atoms with Gasteiger partial charge in [-0.05, 0) is 18.2 Å². The highest BCUT2D eigenvalue weighted by molar-refractivity contribution is 7.86. The highest BCUT2D eigenvalue weighted by Gasteiger charge is 2.34. The Bertz CT molecular complexity index is 620. The van der Waals surface area contributed by atoms with E-state index in [2.05, 4.69) is 0 Å². The number of nitrogens with zero attached hydrogens (tertiary/aromatic N) is 1. The zero-order valence-corrected chi connectivity index (χ0v) is 11.2. The molecule has 0 saturated carbocycles. The Kier molecular flexibility index (Phi) is 3.78. The van der Waals surface area contributed by atoms with Gasteiger partial charge >= 0.3 is 10.2 Å². The van der Waals surface area contributed by atoms with Gasteiger partial charge in [0.1, 0.15) is 5.82 Å².